The molecule has 6 nitrogen and oxygen atoms in total. The second-order valence-electron chi connectivity index (χ2n) is 5.18. The van der Waals surface area contributed by atoms with Gasteiger partial charge in [0.25, 0.3) is 5.91 Å². The van der Waals surface area contributed by atoms with Gasteiger partial charge in [0.2, 0.25) is 0 Å². The number of ether oxygens (including phenoxy) is 1. The minimum absolute atomic E-state index is 0.201. The molecule has 3 amide bonds. The van der Waals surface area contributed by atoms with E-state index in [0.29, 0.717) is 12.8 Å². The largest absolute Gasteiger partial charge is 0.497 e. The summed E-state index contributed by atoms with van der Waals surface area (Å²) in [5.41, 5.74) is 0.357. The number of rotatable bonds is 2. The Labute approximate surface area is 117 Å². The molecule has 0 saturated carbocycles. The number of hydrogen-bond acceptors (Lipinski definition) is 4. The topological polar surface area (TPSA) is 70.7 Å². The molecule has 20 heavy (non-hydrogen) atoms. The van der Waals surface area contributed by atoms with E-state index >= 15 is 0 Å². The highest BCUT2D eigenvalue weighted by molar-refractivity contribution is 6.07. The number of hydrogen-bond donors (Lipinski definition) is 2. The Morgan fingerprint density at radius 1 is 1.25 bits per heavy atom. The number of nitrogens with one attached hydrogen (secondary N) is 2. The van der Waals surface area contributed by atoms with Crippen molar-refractivity contribution in [1.82, 2.24) is 10.6 Å². The van der Waals surface area contributed by atoms with E-state index in [1.165, 1.54) is 0 Å². The molecule has 2 aliphatic rings. The maximum Gasteiger partial charge on any atom is 0.322 e. The van der Waals surface area contributed by atoms with Crippen LogP contribution in [-0.2, 0) is 4.79 Å². The van der Waals surface area contributed by atoms with Crippen LogP contribution in [0.5, 0.6) is 5.75 Å². The summed E-state index contributed by atoms with van der Waals surface area (Å²) in [6.45, 7) is 1.45. The van der Waals surface area contributed by atoms with Crippen LogP contribution in [0.25, 0.3) is 0 Å². The number of carbonyl (C=O) groups is 2. The van der Waals surface area contributed by atoms with Gasteiger partial charge in [-0.15, -0.1) is 0 Å². The molecule has 0 unspecified atom stereocenters. The highest BCUT2D eigenvalue weighted by Gasteiger charge is 2.47. The first-order valence-electron chi connectivity index (χ1n) is 6.66. The molecule has 2 aliphatic heterocycles. The van der Waals surface area contributed by atoms with Crippen molar-refractivity contribution in [3.8, 4) is 5.75 Å². The maximum absolute atomic E-state index is 11.9. The van der Waals surface area contributed by atoms with Crippen LogP contribution >= 0.6 is 0 Å². The Bertz CT molecular complexity index is 550. The molecule has 106 valence electrons. The molecule has 1 aromatic carbocycles. The number of benzene rings is 1. The van der Waals surface area contributed by atoms with E-state index in [0.717, 1.165) is 24.5 Å². The second-order valence-corrected chi connectivity index (χ2v) is 5.18. The molecule has 0 aliphatic carbocycles. The van der Waals surface area contributed by atoms with Crippen molar-refractivity contribution in [2.45, 2.75) is 18.4 Å². The number of carbonyl (C=O) groups excluding carboxylic acids is 2. The van der Waals surface area contributed by atoms with Gasteiger partial charge in [-0.1, -0.05) is 6.07 Å². The number of amides is 3. The summed E-state index contributed by atoms with van der Waals surface area (Å²) in [7, 11) is 1.64. The van der Waals surface area contributed by atoms with Gasteiger partial charge in [0, 0.05) is 24.8 Å². The van der Waals surface area contributed by atoms with Crippen molar-refractivity contribution in [2.75, 3.05) is 25.1 Å². The molecule has 2 fully saturated rings. The Morgan fingerprint density at radius 2 is 2.00 bits per heavy atom. The number of imide groups is 1. The van der Waals surface area contributed by atoms with Crippen molar-refractivity contribution in [2.24, 2.45) is 0 Å². The molecule has 2 saturated heterocycles. The van der Waals surface area contributed by atoms with Gasteiger partial charge in [-0.2, -0.15) is 0 Å². The second kappa shape index (κ2) is 4.70. The predicted molar refractivity (Wildman–Crippen MR) is 73.8 cm³/mol. The summed E-state index contributed by atoms with van der Waals surface area (Å²) in [6.07, 6.45) is 1.23. The SMILES string of the molecule is COc1cccc(N2CCC3(CC2)NC(=O)NC3=O)c1. The van der Waals surface area contributed by atoms with Crippen LogP contribution in [0.15, 0.2) is 24.3 Å². The van der Waals surface area contributed by atoms with Crippen LogP contribution in [0.4, 0.5) is 10.5 Å². The minimum Gasteiger partial charge on any atom is -0.497 e. The summed E-state index contributed by atoms with van der Waals surface area (Å²) < 4.78 is 5.22. The van der Waals surface area contributed by atoms with Crippen molar-refractivity contribution in [3.05, 3.63) is 24.3 Å². The Hall–Kier alpha value is -2.24. The first kappa shape index (κ1) is 12.8. The monoisotopic (exact) mass is 275 g/mol. The first-order chi connectivity index (χ1) is 9.63. The highest BCUT2D eigenvalue weighted by atomic mass is 16.5. The van der Waals surface area contributed by atoms with Crippen molar-refractivity contribution in [3.63, 3.8) is 0 Å². The average Bonchev–Trinajstić information content (AvgIpc) is 2.74. The average molecular weight is 275 g/mol. The summed E-state index contributed by atoms with van der Waals surface area (Å²) in [6, 6.07) is 7.46. The molecule has 0 bridgehead atoms. The molecule has 1 aromatic rings. The number of methoxy groups -OCH3 is 1. The van der Waals surface area contributed by atoms with Crippen LogP contribution in [0.1, 0.15) is 12.8 Å². The minimum atomic E-state index is -0.716. The Kier molecular flexibility index (Phi) is 3.00. The third kappa shape index (κ3) is 2.07. The summed E-state index contributed by atoms with van der Waals surface area (Å²) in [5, 5.41) is 5.09. The van der Waals surface area contributed by atoms with Crippen LogP contribution in [0, 0.1) is 0 Å². The van der Waals surface area contributed by atoms with Gasteiger partial charge in [-0.05, 0) is 25.0 Å². The lowest BCUT2D eigenvalue weighted by Gasteiger charge is -2.38. The summed E-state index contributed by atoms with van der Waals surface area (Å²) >= 11 is 0. The number of piperidine rings is 1. The molecular weight excluding hydrogens is 258 g/mol. The summed E-state index contributed by atoms with van der Waals surface area (Å²) in [5.74, 6) is 0.613. The Morgan fingerprint density at radius 3 is 2.60 bits per heavy atom. The molecule has 6 heteroatoms. The van der Waals surface area contributed by atoms with Crippen molar-refractivity contribution >= 4 is 17.6 Å². The van der Waals surface area contributed by atoms with E-state index in [2.05, 4.69) is 15.5 Å². The third-order valence-electron chi connectivity index (χ3n) is 4.05. The Balaban J connectivity index is 1.72. The zero-order chi connectivity index (χ0) is 14.2. The normalized spacial score (nSPS) is 20.8. The fourth-order valence-electron chi connectivity index (χ4n) is 2.83. The zero-order valence-corrected chi connectivity index (χ0v) is 11.3. The number of anilines is 1. The summed E-state index contributed by atoms with van der Waals surface area (Å²) in [4.78, 5) is 25.4. The van der Waals surface area contributed by atoms with E-state index < -0.39 is 5.54 Å². The fraction of sp³-hybridized carbons (Fsp3) is 0.429. The van der Waals surface area contributed by atoms with Gasteiger partial charge in [0.05, 0.1) is 7.11 Å². The van der Waals surface area contributed by atoms with Gasteiger partial charge in [0.1, 0.15) is 11.3 Å². The molecular formula is C14H17N3O3. The lowest BCUT2D eigenvalue weighted by molar-refractivity contribution is -0.124. The maximum atomic E-state index is 11.9. The van der Waals surface area contributed by atoms with E-state index in [4.69, 9.17) is 4.74 Å². The molecule has 3 rings (SSSR count). The number of urea groups is 1. The third-order valence-corrected chi connectivity index (χ3v) is 4.05. The number of nitrogens with zero attached hydrogens (tertiary/aromatic N) is 1. The van der Waals surface area contributed by atoms with Gasteiger partial charge < -0.3 is 15.0 Å². The molecule has 0 radical (unpaired) electrons. The first-order valence-corrected chi connectivity index (χ1v) is 6.66. The van der Waals surface area contributed by atoms with Crippen molar-refractivity contribution in [1.29, 1.82) is 0 Å². The quantitative estimate of drug-likeness (QED) is 0.786. The molecule has 2 N–H and O–H groups in total. The molecule has 1 spiro atoms. The van der Waals surface area contributed by atoms with E-state index in [9.17, 15) is 9.59 Å². The smallest absolute Gasteiger partial charge is 0.322 e. The lowest BCUT2D eigenvalue weighted by atomic mass is 9.87. The molecule has 0 atom stereocenters. The van der Waals surface area contributed by atoms with Gasteiger partial charge in [-0.25, -0.2) is 4.79 Å². The van der Waals surface area contributed by atoms with Crippen LogP contribution in [-0.4, -0.2) is 37.7 Å². The predicted octanol–water partition coefficient (Wildman–Crippen LogP) is 0.874. The lowest BCUT2D eigenvalue weighted by Crippen LogP contribution is -2.54. The van der Waals surface area contributed by atoms with Crippen LogP contribution in [0.3, 0.4) is 0 Å². The molecule has 2 heterocycles. The highest BCUT2D eigenvalue weighted by Crippen LogP contribution is 2.30. The van der Waals surface area contributed by atoms with Crippen LogP contribution in [0.2, 0.25) is 0 Å². The van der Waals surface area contributed by atoms with Gasteiger partial charge >= 0.3 is 6.03 Å². The zero-order valence-electron chi connectivity index (χ0n) is 11.3. The van der Waals surface area contributed by atoms with Gasteiger partial charge in [-0.3, -0.25) is 10.1 Å². The van der Waals surface area contributed by atoms with E-state index in [1.54, 1.807) is 7.11 Å². The van der Waals surface area contributed by atoms with Crippen molar-refractivity contribution < 1.29 is 14.3 Å². The van der Waals surface area contributed by atoms with Gasteiger partial charge in [0.15, 0.2) is 0 Å². The standard InChI is InChI=1S/C14H17N3O3/c1-20-11-4-2-3-10(9-11)17-7-5-14(6-8-17)12(18)15-13(19)16-14/h2-4,9H,5-8H2,1H3,(H2,15,16,18,19). The molecule has 0 aromatic heterocycles. The fourth-order valence-corrected chi connectivity index (χ4v) is 2.83. The van der Waals surface area contributed by atoms with E-state index in [1.807, 2.05) is 24.3 Å². The van der Waals surface area contributed by atoms with Crippen LogP contribution < -0.4 is 20.3 Å². The van der Waals surface area contributed by atoms with E-state index in [-0.39, 0.29) is 11.9 Å².